The Morgan fingerprint density at radius 2 is 1.78 bits per heavy atom. The molecule has 2 N–H and O–H groups in total. The average molecular weight is 367 g/mol. The number of rotatable bonds is 1. The molecule has 0 saturated carbocycles. The molecule has 0 radical (unpaired) electrons. The Labute approximate surface area is 121 Å². The first kappa shape index (κ1) is 11.7. The van der Waals surface area contributed by atoms with E-state index >= 15 is 0 Å². The summed E-state index contributed by atoms with van der Waals surface area (Å²) in [6.45, 7) is 0. The minimum atomic E-state index is 0.487. The van der Waals surface area contributed by atoms with Crippen LogP contribution in [0.1, 0.15) is 0 Å². The summed E-state index contributed by atoms with van der Waals surface area (Å²) in [6.07, 6.45) is 0. The highest BCUT2D eigenvalue weighted by Gasteiger charge is 2.10. The van der Waals surface area contributed by atoms with Crippen LogP contribution in [0.25, 0.3) is 16.7 Å². The highest BCUT2D eigenvalue weighted by atomic mass is 79.9. The maximum Gasteiger partial charge on any atom is 0.205 e. The highest BCUT2D eigenvalue weighted by Crippen LogP contribution is 2.26. The Bertz CT molecular complexity index is 734. The van der Waals surface area contributed by atoms with E-state index in [0.29, 0.717) is 5.95 Å². The van der Waals surface area contributed by atoms with Crippen molar-refractivity contribution in [2.24, 2.45) is 0 Å². The fourth-order valence-electron chi connectivity index (χ4n) is 1.95. The molecule has 90 valence electrons. The van der Waals surface area contributed by atoms with Gasteiger partial charge in [-0.05, 0) is 36.4 Å². The molecule has 18 heavy (non-hydrogen) atoms. The molecule has 0 aliphatic carbocycles. The molecule has 0 atom stereocenters. The zero-order valence-electron chi connectivity index (χ0n) is 9.27. The van der Waals surface area contributed by atoms with E-state index in [1.54, 1.807) is 0 Å². The van der Waals surface area contributed by atoms with Gasteiger partial charge in [-0.2, -0.15) is 0 Å². The predicted molar refractivity (Wildman–Crippen MR) is 80.9 cm³/mol. The largest absolute Gasteiger partial charge is 0.369 e. The van der Waals surface area contributed by atoms with Gasteiger partial charge in [0.15, 0.2) is 0 Å². The number of fused-ring (bicyclic) bond motifs is 1. The normalized spacial score (nSPS) is 11.0. The van der Waals surface area contributed by atoms with E-state index in [2.05, 4.69) is 36.8 Å². The lowest BCUT2D eigenvalue weighted by atomic mass is 10.3. The summed E-state index contributed by atoms with van der Waals surface area (Å²) in [5.74, 6) is 0.487. The summed E-state index contributed by atoms with van der Waals surface area (Å²) in [6, 6.07) is 13.9. The third-order valence-corrected chi connectivity index (χ3v) is 3.70. The topological polar surface area (TPSA) is 43.8 Å². The second-order valence-electron chi connectivity index (χ2n) is 3.92. The molecule has 0 bridgehead atoms. The predicted octanol–water partition coefficient (Wildman–Crippen LogP) is 4.13. The van der Waals surface area contributed by atoms with Crippen molar-refractivity contribution in [2.75, 3.05) is 5.73 Å². The van der Waals surface area contributed by atoms with Crippen molar-refractivity contribution in [3.63, 3.8) is 0 Å². The summed E-state index contributed by atoms with van der Waals surface area (Å²) in [7, 11) is 0. The van der Waals surface area contributed by atoms with Gasteiger partial charge in [-0.3, -0.25) is 4.57 Å². The number of imidazole rings is 1. The molecule has 0 aliphatic rings. The first-order chi connectivity index (χ1) is 8.65. The Balaban J connectivity index is 2.34. The lowest BCUT2D eigenvalue weighted by Gasteiger charge is -2.07. The van der Waals surface area contributed by atoms with Crippen molar-refractivity contribution >= 4 is 48.8 Å². The van der Waals surface area contributed by atoms with Crippen molar-refractivity contribution in [1.29, 1.82) is 0 Å². The first-order valence-electron chi connectivity index (χ1n) is 5.34. The molecule has 5 heteroatoms. The fourth-order valence-corrected chi connectivity index (χ4v) is 2.69. The molecular weight excluding hydrogens is 358 g/mol. The number of nitrogens with two attached hydrogens (primary N) is 1. The monoisotopic (exact) mass is 365 g/mol. The second-order valence-corrected chi connectivity index (χ2v) is 5.75. The van der Waals surface area contributed by atoms with Crippen molar-refractivity contribution in [2.45, 2.75) is 0 Å². The lowest BCUT2D eigenvalue weighted by Crippen LogP contribution is -2.00. The van der Waals surface area contributed by atoms with Crippen LogP contribution in [-0.4, -0.2) is 9.55 Å². The Kier molecular flexibility index (Phi) is 2.87. The van der Waals surface area contributed by atoms with Gasteiger partial charge in [0, 0.05) is 8.95 Å². The highest BCUT2D eigenvalue weighted by molar-refractivity contribution is 9.10. The average Bonchev–Trinajstić information content (AvgIpc) is 2.64. The molecule has 0 amide bonds. The zero-order chi connectivity index (χ0) is 12.7. The van der Waals surface area contributed by atoms with Crippen LogP contribution in [0.5, 0.6) is 0 Å². The zero-order valence-corrected chi connectivity index (χ0v) is 12.4. The van der Waals surface area contributed by atoms with E-state index in [4.69, 9.17) is 5.73 Å². The van der Waals surface area contributed by atoms with E-state index in [-0.39, 0.29) is 0 Å². The summed E-state index contributed by atoms with van der Waals surface area (Å²) in [5.41, 5.74) is 8.87. The van der Waals surface area contributed by atoms with E-state index in [0.717, 1.165) is 25.7 Å². The van der Waals surface area contributed by atoms with Gasteiger partial charge in [0.1, 0.15) is 0 Å². The Hall–Kier alpha value is -1.33. The maximum atomic E-state index is 6.01. The molecule has 3 rings (SSSR count). The van der Waals surface area contributed by atoms with E-state index in [9.17, 15) is 0 Å². The van der Waals surface area contributed by atoms with Crippen molar-refractivity contribution < 1.29 is 0 Å². The molecule has 0 unspecified atom stereocenters. The van der Waals surface area contributed by atoms with E-state index in [1.165, 1.54) is 0 Å². The van der Waals surface area contributed by atoms with Gasteiger partial charge < -0.3 is 5.73 Å². The molecule has 3 nitrogen and oxygen atoms in total. The van der Waals surface area contributed by atoms with Crippen molar-refractivity contribution in [1.82, 2.24) is 9.55 Å². The van der Waals surface area contributed by atoms with Crippen molar-refractivity contribution in [3.8, 4) is 5.69 Å². The standard InChI is InChI=1S/C13H9Br2N3/c14-8-2-1-3-10(6-8)18-12-7-9(15)4-5-11(12)17-13(18)16/h1-7H,(H2,16,17). The molecule has 1 aromatic heterocycles. The lowest BCUT2D eigenvalue weighted by molar-refractivity contribution is 1.11. The number of halogens is 2. The van der Waals surface area contributed by atoms with E-state index < -0.39 is 0 Å². The summed E-state index contributed by atoms with van der Waals surface area (Å²) in [4.78, 5) is 4.36. The van der Waals surface area contributed by atoms with Gasteiger partial charge in [-0.15, -0.1) is 0 Å². The van der Waals surface area contributed by atoms with Crippen molar-refractivity contribution in [3.05, 3.63) is 51.4 Å². The smallest absolute Gasteiger partial charge is 0.205 e. The number of nitrogens with zero attached hydrogens (tertiary/aromatic N) is 2. The molecule has 1 heterocycles. The molecular formula is C13H9Br2N3. The van der Waals surface area contributed by atoms with E-state index in [1.807, 2.05) is 47.0 Å². The molecule has 0 fully saturated rings. The van der Waals surface area contributed by atoms with Crippen LogP contribution in [0.3, 0.4) is 0 Å². The minimum Gasteiger partial charge on any atom is -0.369 e. The van der Waals surface area contributed by atoms with Gasteiger partial charge >= 0.3 is 0 Å². The third-order valence-electron chi connectivity index (χ3n) is 2.71. The van der Waals surface area contributed by atoms with Crippen LogP contribution in [0, 0.1) is 0 Å². The maximum absolute atomic E-state index is 6.01. The number of aromatic nitrogens is 2. The van der Waals surface area contributed by atoms with Crippen LogP contribution in [0.4, 0.5) is 5.95 Å². The van der Waals surface area contributed by atoms with Crippen LogP contribution in [0.2, 0.25) is 0 Å². The Morgan fingerprint density at radius 3 is 2.56 bits per heavy atom. The van der Waals surface area contributed by atoms with Gasteiger partial charge in [0.25, 0.3) is 0 Å². The minimum absolute atomic E-state index is 0.487. The van der Waals surface area contributed by atoms with Crippen LogP contribution < -0.4 is 5.73 Å². The summed E-state index contributed by atoms with van der Waals surface area (Å²) >= 11 is 6.94. The molecule has 0 aliphatic heterocycles. The first-order valence-corrected chi connectivity index (χ1v) is 6.93. The van der Waals surface area contributed by atoms with Crippen LogP contribution in [0.15, 0.2) is 51.4 Å². The number of benzene rings is 2. The number of nitrogen functional groups attached to an aromatic ring is 1. The molecule has 0 saturated heterocycles. The van der Waals surface area contributed by atoms with Crippen LogP contribution in [-0.2, 0) is 0 Å². The number of anilines is 1. The van der Waals surface area contributed by atoms with Gasteiger partial charge in [-0.1, -0.05) is 37.9 Å². The summed E-state index contributed by atoms with van der Waals surface area (Å²) < 4.78 is 3.95. The summed E-state index contributed by atoms with van der Waals surface area (Å²) in [5, 5.41) is 0. The van der Waals surface area contributed by atoms with Gasteiger partial charge in [0.2, 0.25) is 5.95 Å². The number of hydrogen-bond acceptors (Lipinski definition) is 2. The van der Waals surface area contributed by atoms with Gasteiger partial charge in [-0.25, -0.2) is 4.98 Å². The second kappa shape index (κ2) is 4.40. The molecule has 0 spiro atoms. The fraction of sp³-hybridized carbons (Fsp3) is 0. The molecule has 3 aromatic rings. The van der Waals surface area contributed by atoms with Crippen LogP contribution >= 0.6 is 31.9 Å². The number of hydrogen-bond donors (Lipinski definition) is 1. The van der Waals surface area contributed by atoms with Gasteiger partial charge in [0.05, 0.1) is 16.7 Å². The SMILES string of the molecule is Nc1nc2ccc(Br)cc2n1-c1cccc(Br)c1. The third kappa shape index (κ3) is 1.93. The quantitative estimate of drug-likeness (QED) is 0.703. The Morgan fingerprint density at radius 1 is 1.00 bits per heavy atom. The molecule has 2 aromatic carbocycles.